The minimum atomic E-state index is -0.268. The second-order valence-corrected chi connectivity index (χ2v) is 5.66. The Labute approximate surface area is 146 Å². The van der Waals surface area contributed by atoms with E-state index in [1.165, 1.54) is 0 Å². The fourth-order valence-corrected chi connectivity index (χ4v) is 2.77. The number of ether oxygens (including phenoxy) is 3. The van der Waals surface area contributed by atoms with Gasteiger partial charge in [-0.25, -0.2) is 0 Å². The summed E-state index contributed by atoms with van der Waals surface area (Å²) in [5.41, 5.74) is 2.02. The van der Waals surface area contributed by atoms with Crippen molar-refractivity contribution in [3.63, 3.8) is 0 Å². The number of methoxy groups -OCH3 is 2. The number of esters is 1. The lowest BCUT2D eigenvalue weighted by Crippen LogP contribution is -2.14. The molecule has 0 fully saturated rings. The number of benzene rings is 2. The number of carbonyl (C=O) groups is 1. The molecule has 1 aromatic heterocycles. The molecule has 0 aliphatic carbocycles. The van der Waals surface area contributed by atoms with Crippen LogP contribution in [0.5, 0.6) is 11.5 Å². The molecule has 0 unspecified atom stereocenters. The van der Waals surface area contributed by atoms with Gasteiger partial charge < -0.3 is 18.8 Å². The first-order valence-corrected chi connectivity index (χ1v) is 8.11. The van der Waals surface area contributed by atoms with Crippen LogP contribution in [0.2, 0.25) is 0 Å². The minimum Gasteiger partial charge on any atom is -0.497 e. The number of hydrogen-bond donors (Lipinski definition) is 0. The van der Waals surface area contributed by atoms with Gasteiger partial charge in [-0.3, -0.25) is 4.79 Å². The van der Waals surface area contributed by atoms with Crippen LogP contribution in [0.3, 0.4) is 0 Å². The van der Waals surface area contributed by atoms with Crippen molar-refractivity contribution in [1.29, 1.82) is 0 Å². The van der Waals surface area contributed by atoms with Crippen molar-refractivity contribution in [2.75, 3.05) is 20.8 Å². The summed E-state index contributed by atoms with van der Waals surface area (Å²) >= 11 is 0. The van der Waals surface area contributed by atoms with Crippen molar-refractivity contribution in [3.05, 3.63) is 60.3 Å². The molecule has 3 aromatic rings. The lowest BCUT2D eigenvalue weighted by molar-refractivity contribution is -0.144. The summed E-state index contributed by atoms with van der Waals surface area (Å²) in [6.45, 7) is 0.517. The van der Waals surface area contributed by atoms with Crippen LogP contribution in [-0.2, 0) is 22.5 Å². The molecule has 5 heteroatoms. The van der Waals surface area contributed by atoms with Gasteiger partial charge in [-0.2, -0.15) is 0 Å². The van der Waals surface area contributed by atoms with Crippen LogP contribution in [0.4, 0.5) is 0 Å². The molecule has 0 aliphatic rings. The van der Waals surface area contributed by atoms with Crippen LogP contribution < -0.4 is 9.47 Å². The highest BCUT2D eigenvalue weighted by Gasteiger charge is 2.12. The summed E-state index contributed by atoms with van der Waals surface area (Å²) in [5.74, 6) is 1.13. The van der Waals surface area contributed by atoms with Crippen molar-refractivity contribution in [2.45, 2.75) is 13.0 Å². The maximum Gasteiger partial charge on any atom is 0.325 e. The molecular formula is C20H21NO4. The van der Waals surface area contributed by atoms with Crippen molar-refractivity contribution in [2.24, 2.45) is 0 Å². The van der Waals surface area contributed by atoms with Crippen LogP contribution in [0.1, 0.15) is 5.56 Å². The number of nitrogens with zero attached hydrogens (tertiary/aromatic N) is 1. The Balaban J connectivity index is 1.67. The molecule has 0 saturated heterocycles. The number of rotatable bonds is 7. The summed E-state index contributed by atoms with van der Waals surface area (Å²) in [6, 6.07) is 15.6. The Morgan fingerprint density at radius 2 is 1.84 bits per heavy atom. The Morgan fingerprint density at radius 3 is 2.56 bits per heavy atom. The number of carbonyl (C=O) groups excluding carboxylic acids is 1. The second-order valence-electron chi connectivity index (χ2n) is 5.66. The molecule has 0 amide bonds. The third-order valence-electron chi connectivity index (χ3n) is 4.08. The van der Waals surface area contributed by atoms with Gasteiger partial charge in [-0.05, 0) is 11.6 Å². The Morgan fingerprint density at radius 1 is 1.04 bits per heavy atom. The van der Waals surface area contributed by atoms with Crippen LogP contribution in [0, 0.1) is 0 Å². The van der Waals surface area contributed by atoms with E-state index in [-0.39, 0.29) is 12.5 Å². The molecule has 0 bridgehead atoms. The zero-order valence-corrected chi connectivity index (χ0v) is 14.4. The fraction of sp³-hybridized carbons (Fsp3) is 0.250. The standard InChI is InChI=1S/C20H21NO4/c1-23-16-12-18-17(19(13-16)24-2)8-10-21(18)14-20(22)25-11-9-15-6-4-3-5-7-15/h3-8,10,12-13H,9,11,14H2,1-2H3. The van der Waals surface area contributed by atoms with Gasteiger partial charge >= 0.3 is 5.97 Å². The molecule has 0 saturated carbocycles. The predicted molar refractivity (Wildman–Crippen MR) is 96.1 cm³/mol. The molecule has 0 N–H and O–H groups in total. The lowest BCUT2D eigenvalue weighted by Gasteiger charge is -2.10. The minimum absolute atomic E-state index is 0.147. The molecule has 1 heterocycles. The van der Waals surface area contributed by atoms with Crippen molar-refractivity contribution in [3.8, 4) is 11.5 Å². The highest BCUT2D eigenvalue weighted by Crippen LogP contribution is 2.31. The average Bonchev–Trinajstić information content (AvgIpc) is 3.04. The van der Waals surface area contributed by atoms with Crippen molar-refractivity contribution < 1.29 is 19.0 Å². The van der Waals surface area contributed by atoms with Gasteiger partial charge in [0.1, 0.15) is 18.0 Å². The van der Waals surface area contributed by atoms with E-state index in [4.69, 9.17) is 14.2 Å². The second kappa shape index (κ2) is 7.75. The van der Waals surface area contributed by atoms with Gasteiger partial charge in [-0.1, -0.05) is 30.3 Å². The van der Waals surface area contributed by atoms with Gasteiger partial charge in [0.25, 0.3) is 0 Å². The first-order valence-electron chi connectivity index (χ1n) is 8.11. The highest BCUT2D eigenvalue weighted by atomic mass is 16.5. The molecule has 25 heavy (non-hydrogen) atoms. The van der Waals surface area contributed by atoms with E-state index >= 15 is 0 Å². The van der Waals surface area contributed by atoms with E-state index in [0.717, 1.165) is 16.5 Å². The molecule has 130 valence electrons. The average molecular weight is 339 g/mol. The number of hydrogen-bond acceptors (Lipinski definition) is 4. The van der Waals surface area contributed by atoms with E-state index < -0.39 is 0 Å². The topological polar surface area (TPSA) is 49.7 Å². The SMILES string of the molecule is COc1cc(OC)c2ccn(CC(=O)OCCc3ccccc3)c2c1. The predicted octanol–water partition coefficient (Wildman–Crippen LogP) is 3.44. The van der Waals surface area contributed by atoms with E-state index in [1.807, 2.05) is 59.3 Å². The quantitative estimate of drug-likeness (QED) is 0.619. The smallest absolute Gasteiger partial charge is 0.325 e. The van der Waals surface area contributed by atoms with Gasteiger partial charge in [0.15, 0.2) is 0 Å². The third-order valence-corrected chi connectivity index (χ3v) is 4.08. The molecule has 0 radical (unpaired) electrons. The molecule has 2 aromatic carbocycles. The summed E-state index contributed by atoms with van der Waals surface area (Å²) < 4.78 is 17.9. The zero-order valence-electron chi connectivity index (χ0n) is 14.4. The summed E-state index contributed by atoms with van der Waals surface area (Å²) in [7, 11) is 3.22. The van der Waals surface area contributed by atoms with Crippen molar-refractivity contribution >= 4 is 16.9 Å². The van der Waals surface area contributed by atoms with Crippen LogP contribution in [0.25, 0.3) is 10.9 Å². The third kappa shape index (κ3) is 3.94. The van der Waals surface area contributed by atoms with Crippen molar-refractivity contribution in [1.82, 2.24) is 4.57 Å². The van der Waals surface area contributed by atoms with Gasteiger partial charge in [-0.15, -0.1) is 0 Å². The van der Waals surface area contributed by atoms with E-state index in [2.05, 4.69) is 0 Å². The van der Waals surface area contributed by atoms with Gasteiger partial charge in [0.05, 0.1) is 26.3 Å². The molecule has 5 nitrogen and oxygen atoms in total. The first-order chi connectivity index (χ1) is 12.2. The molecule has 3 rings (SSSR count). The Kier molecular flexibility index (Phi) is 5.23. The van der Waals surface area contributed by atoms with Crippen LogP contribution in [0.15, 0.2) is 54.7 Å². The summed E-state index contributed by atoms with van der Waals surface area (Å²) in [5, 5.41) is 0.931. The molecule has 0 spiro atoms. The molecular weight excluding hydrogens is 318 g/mol. The fourth-order valence-electron chi connectivity index (χ4n) is 2.77. The summed E-state index contributed by atoms with van der Waals surface area (Å²) in [6.07, 6.45) is 2.56. The molecule has 0 atom stereocenters. The van der Waals surface area contributed by atoms with E-state index in [1.54, 1.807) is 14.2 Å². The largest absolute Gasteiger partial charge is 0.497 e. The Bertz CT molecular complexity index is 855. The number of fused-ring (bicyclic) bond motifs is 1. The van der Waals surface area contributed by atoms with Crippen LogP contribution in [-0.4, -0.2) is 31.4 Å². The Hall–Kier alpha value is -2.95. The maximum absolute atomic E-state index is 12.1. The lowest BCUT2D eigenvalue weighted by atomic mass is 10.2. The highest BCUT2D eigenvalue weighted by molar-refractivity contribution is 5.89. The van der Waals surface area contributed by atoms with Gasteiger partial charge in [0, 0.05) is 30.1 Å². The first kappa shape index (κ1) is 16.9. The monoisotopic (exact) mass is 339 g/mol. The van der Waals surface area contributed by atoms with E-state index in [0.29, 0.717) is 24.5 Å². The molecule has 0 aliphatic heterocycles. The number of aromatic nitrogens is 1. The summed E-state index contributed by atoms with van der Waals surface area (Å²) in [4.78, 5) is 12.1. The zero-order chi connectivity index (χ0) is 17.6. The maximum atomic E-state index is 12.1. The van der Waals surface area contributed by atoms with Crippen LogP contribution >= 0.6 is 0 Å². The van der Waals surface area contributed by atoms with E-state index in [9.17, 15) is 4.79 Å². The normalized spacial score (nSPS) is 10.6. The van der Waals surface area contributed by atoms with Gasteiger partial charge in [0.2, 0.25) is 0 Å².